The number of hydrogen-bond acceptors (Lipinski definition) is 3. The van der Waals surface area contributed by atoms with Crippen molar-refractivity contribution in [3.05, 3.63) is 34.9 Å². The lowest BCUT2D eigenvalue weighted by Gasteiger charge is -2.42. The molecule has 0 bridgehead atoms. The van der Waals surface area contributed by atoms with E-state index in [0.29, 0.717) is 6.04 Å². The first-order valence-electron chi connectivity index (χ1n) is 6.98. The molecule has 0 spiro atoms. The molecule has 3 unspecified atom stereocenters. The molecule has 0 aliphatic carbocycles. The molecule has 3 atom stereocenters. The van der Waals surface area contributed by atoms with Crippen LogP contribution in [0.2, 0.25) is 5.02 Å². The van der Waals surface area contributed by atoms with Crippen LogP contribution < -0.4 is 5.73 Å². The van der Waals surface area contributed by atoms with Crippen molar-refractivity contribution in [3.8, 4) is 0 Å². The summed E-state index contributed by atoms with van der Waals surface area (Å²) in [5, 5.41) is 0.768. The quantitative estimate of drug-likeness (QED) is 0.923. The van der Waals surface area contributed by atoms with Crippen LogP contribution in [0, 0.1) is 0 Å². The largest absolute Gasteiger partial charge is 0.378 e. The summed E-state index contributed by atoms with van der Waals surface area (Å²) in [6, 6.07) is 8.73. The van der Waals surface area contributed by atoms with Gasteiger partial charge in [0.05, 0.1) is 19.3 Å². The van der Waals surface area contributed by atoms with E-state index in [2.05, 4.69) is 24.8 Å². The smallest absolute Gasteiger partial charge is 0.0622 e. The van der Waals surface area contributed by atoms with Crippen LogP contribution in [0.25, 0.3) is 0 Å². The van der Waals surface area contributed by atoms with Gasteiger partial charge >= 0.3 is 0 Å². The maximum absolute atomic E-state index is 6.24. The number of halogens is 1. The van der Waals surface area contributed by atoms with E-state index in [0.717, 1.165) is 31.2 Å². The Morgan fingerprint density at radius 3 is 2.95 bits per heavy atom. The van der Waals surface area contributed by atoms with E-state index in [4.69, 9.17) is 22.1 Å². The van der Waals surface area contributed by atoms with Crippen LogP contribution in [0.5, 0.6) is 0 Å². The summed E-state index contributed by atoms with van der Waals surface area (Å²) >= 11 is 6.12. The molecule has 0 aromatic heterocycles. The maximum atomic E-state index is 6.24. The standard InChI is InChI=1S/C15H23ClN2O/c1-3-14-10-19-8-7-18(14)15(11(2)17)12-5-4-6-13(16)9-12/h4-6,9,11,14-15H,3,7-8,10,17H2,1-2H3. The summed E-state index contributed by atoms with van der Waals surface area (Å²) in [6.07, 6.45) is 1.07. The lowest BCUT2D eigenvalue weighted by Crippen LogP contribution is -2.51. The van der Waals surface area contributed by atoms with Crippen LogP contribution in [0.4, 0.5) is 0 Å². The third-order valence-corrected chi connectivity index (χ3v) is 4.02. The second-order valence-electron chi connectivity index (χ2n) is 5.23. The molecule has 0 saturated carbocycles. The molecule has 2 rings (SSSR count). The summed E-state index contributed by atoms with van der Waals surface area (Å²) < 4.78 is 5.58. The van der Waals surface area contributed by atoms with Gasteiger partial charge in [-0.05, 0) is 31.0 Å². The third kappa shape index (κ3) is 3.48. The first kappa shape index (κ1) is 14.8. The van der Waals surface area contributed by atoms with Gasteiger partial charge in [-0.2, -0.15) is 0 Å². The van der Waals surface area contributed by atoms with Gasteiger partial charge in [0.15, 0.2) is 0 Å². The monoisotopic (exact) mass is 282 g/mol. The maximum Gasteiger partial charge on any atom is 0.0622 e. The SMILES string of the molecule is CCC1COCCN1C(c1cccc(Cl)c1)C(C)N. The molecular formula is C15H23ClN2O. The van der Waals surface area contributed by atoms with E-state index in [9.17, 15) is 0 Å². The van der Waals surface area contributed by atoms with Gasteiger partial charge in [0, 0.05) is 23.7 Å². The topological polar surface area (TPSA) is 38.5 Å². The van der Waals surface area contributed by atoms with E-state index in [1.54, 1.807) is 0 Å². The van der Waals surface area contributed by atoms with Crippen LogP contribution in [-0.4, -0.2) is 36.7 Å². The van der Waals surface area contributed by atoms with Crippen molar-refractivity contribution >= 4 is 11.6 Å². The van der Waals surface area contributed by atoms with Gasteiger partial charge in [0.1, 0.15) is 0 Å². The lowest BCUT2D eigenvalue weighted by molar-refractivity contribution is -0.0348. The van der Waals surface area contributed by atoms with Crippen molar-refractivity contribution in [3.63, 3.8) is 0 Å². The van der Waals surface area contributed by atoms with E-state index < -0.39 is 0 Å². The van der Waals surface area contributed by atoms with E-state index in [1.165, 1.54) is 5.56 Å². The summed E-state index contributed by atoms with van der Waals surface area (Å²) in [6.45, 7) is 6.76. The zero-order chi connectivity index (χ0) is 13.8. The molecule has 106 valence electrons. The zero-order valence-corrected chi connectivity index (χ0v) is 12.4. The number of ether oxygens (including phenoxy) is 1. The van der Waals surface area contributed by atoms with Crippen LogP contribution in [0.15, 0.2) is 24.3 Å². The minimum atomic E-state index is 0.0608. The minimum Gasteiger partial charge on any atom is -0.378 e. The molecule has 1 aromatic rings. The highest BCUT2D eigenvalue weighted by atomic mass is 35.5. The van der Waals surface area contributed by atoms with Crippen molar-refractivity contribution in [2.24, 2.45) is 5.73 Å². The van der Waals surface area contributed by atoms with Crippen LogP contribution >= 0.6 is 11.6 Å². The summed E-state index contributed by atoms with van der Waals surface area (Å²) in [4.78, 5) is 2.47. The van der Waals surface area contributed by atoms with Gasteiger partial charge in [0.2, 0.25) is 0 Å². The Labute approximate surface area is 120 Å². The molecule has 0 amide bonds. The highest BCUT2D eigenvalue weighted by molar-refractivity contribution is 6.30. The number of nitrogens with two attached hydrogens (primary N) is 1. The third-order valence-electron chi connectivity index (χ3n) is 3.79. The predicted octanol–water partition coefficient (Wildman–Crippen LogP) is 2.84. The Balaban J connectivity index is 2.28. The van der Waals surface area contributed by atoms with Crippen molar-refractivity contribution in [2.45, 2.75) is 38.4 Å². The Morgan fingerprint density at radius 2 is 2.32 bits per heavy atom. The molecule has 19 heavy (non-hydrogen) atoms. The number of rotatable bonds is 4. The summed E-state index contributed by atoms with van der Waals surface area (Å²) in [7, 11) is 0. The molecule has 1 heterocycles. The summed E-state index contributed by atoms with van der Waals surface area (Å²) in [5.41, 5.74) is 7.44. The number of benzene rings is 1. The average Bonchev–Trinajstić information content (AvgIpc) is 2.39. The van der Waals surface area contributed by atoms with Crippen LogP contribution in [-0.2, 0) is 4.74 Å². The van der Waals surface area contributed by atoms with Crippen molar-refractivity contribution < 1.29 is 4.74 Å². The van der Waals surface area contributed by atoms with Crippen molar-refractivity contribution in [1.82, 2.24) is 4.90 Å². The molecule has 1 aliphatic heterocycles. The second kappa shape index (κ2) is 6.71. The second-order valence-corrected chi connectivity index (χ2v) is 5.67. The first-order valence-corrected chi connectivity index (χ1v) is 7.35. The van der Waals surface area contributed by atoms with Crippen molar-refractivity contribution in [2.75, 3.05) is 19.8 Å². The van der Waals surface area contributed by atoms with Gasteiger partial charge in [-0.3, -0.25) is 4.90 Å². The van der Waals surface area contributed by atoms with Crippen molar-refractivity contribution in [1.29, 1.82) is 0 Å². The highest BCUT2D eigenvalue weighted by Crippen LogP contribution is 2.29. The molecule has 4 heteroatoms. The fourth-order valence-corrected chi connectivity index (χ4v) is 3.07. The zero-order valence-electron chi connectivity index (χ0n) is 11.7. The molecule has 0 radical (unpaired) electrons. The van der Waals surface area contributed by atoms with E-state index in [-0.39, 0.29) is 12.1 Å². The molecule has 1 fully saturated rings. The average molecular weight is 283 g/mol. The minimum absolute atomic E-state index is 0.0608. The van der Waals surface area contributed by atoms with Gasteiger partial charge in [-0.25, -0.2) is 0 Å². The molecular weight excluding hydrogens is 260 g/mol. The van der Waals surface area contributed by atoms with Crippen LogP contribution in [0.3, 0.4) is 0 Å². The lowest BCUT2D eigenvalue weighted by atomic mass is 9.96. The number of hydrogen-bond donors (Lipinski definition) is 1. The normalized spacial score (nSPS) is 24.1. The Bertz CT molecular complexity index is 411. The summed E-state index contributed by atoms with van der Waals surface area (Å²) in [5.74, 6) is 0. The predicted molar refractivity (Wildman–Crippen MR) is 79.4 cm³/mol. The first-order chi connectivity index (χ1) is 9.13. The van der Waals surface area contributed by atoms with E-state index >= 15 is 0 Å². The van der Waals surface area contributed by atoms with Crippen LogP contribution in [0.1, 0.15) is 31.9 Å². The molecule has 1 aliphatic rings. The van der Waals surface area contributed by atoms with Gasteiger partial charge in [-0.15, -0.1) is 0 Å². The highest BCUT2D eigenvalue weighted by Gasteiger charge is 2.31. The molecule has 2 N–H and O–H groups in total. The fourth-order valence-electron chi connectivity index (χ4n) is 2.87. The Kier molecular flexibility index (Phi) is 5.22. The number of nitrogens with zero attached hydrogens (tertiary/aromatic N) is 1. The molecule has 1 aromatic carbocycles. The Hall–Kier alpha value is -0.610. The number of morpholine rings is 1. The van der Waals surface area contributed by atoms with E-state index in [1.807, 2.05) is 18.2 Å². The van der Waals surface area contributed by atoms with Gasteiger partial charge in [0.25, 0.3) is 0 Å². The van der Waals surface area contributed by atoms with Gasteiger partial charge in [-0.1, -0.05) is 30.7 Å². The molecule has 3 nitrogen and oxygen atoms in total. The van der Waals surface area contributed by atoms with Gasteiger partial charge < -0.3 is 10.5 Å². The fraction of sp³-hybridized carbons (Fsp3) is 0.600. The Morgan fingerprint density at radius 1 is 1.53 bits per heavy atom. The molecule has 1 saturated heterocycles.